The van der Waals surface area contributed by atoms with Gasteiger partial charge in [0, 0.05) is 21.2 Å². The summed E-state index contributed by atoms with van der Waals surface area (Å²) in [4.78, 5) is 11.4. The summed E-state index contributed by atoms with van der Waals surface area (Å²) in [6, 6.07) is 3.26. The van der Waals surface area contributed by atoms with E-state index in [4.69, 9.17) is 0 Å². The Bertz CT molecular complexity index is 474. The van der Waals surface area contributed by atoms with Crippen LogP contribution in [0.1, 0.15) is 10.4 Å². The number of thiophene rings is 1. The summed E-state index contributed by atoms with van der Waals surface area (Å²) >= 11 is 5.57. The summed E-state index contributed by atoms with van der Waals surface area (Å²) in [5, 5.41) is 11.9. The molecule has 0 radical (unpaired) electrons. The lowest BCUT2D eigenvalue weighted by Crippen LogP contribution is -1.77. The maximum Gasteiger partial charge on any atom is 0.151 e. The zero-order valence-electron chi connectivity index (χ0n) is 6.52. The van der Waals surface area contributed by atoms with Crippen molar-refractivity contribution >= 4 is 40.3 Å². The Morgan fingerprint density at radius 2 is 2.23 bits per heavy atom. The lowest BCUT2D eigenvalue weighted by atomic mass is 10.2. The van der Waals surface area contributed by atoms with E-state index in [0.29, 0.717) is 5.56 Å². The predicted octanol–water partition coefficient (Wildman–Crippen LogP) is 2.71. The van der Waals surface area contributed by atoms with Gasteiger partial charge in [-0.3, -0.25) is 4.79 Å². The Kier molecular flexibility index (Phi) is 2.01. The second-order valence-corrected chi connectivity index (χ2v) is 3.98. The van der Waals surface area contributed by atoms with E-state index in [2.05, 4.69) is 12.6 Å². The summed E-state index contributed by atoms with van der Waals surface area (Å²) in [5.41, 5.74) is 0.584. The largest absolute Gasteiger partial charge is 0.506 e. The lowest BCUT2D eigenvalue weighted by molar-refractivity contribution is 0.112. The van der Waals surface area contributed by atoms with Crippen molar-refractivity contribution in [1.29, 1.82) is 0 Å². The number of benzene rings is 1. The summed E-state index contributed by atoms with van der Waals surface area (Å²) in [5.74, 6) is 0.200. The van der Waals surface area contributed by atoms with E-state index in [9.17, 15) is 9.90 Å². The van der Waals surface area contributed by atoms with Crippen LogP contribution < -0.4 is 0 Å². The van der Waals surface area contributed by atoms with Crippen LogP contribution in [0.15, 0.2) is 22.4 Å². The van der Waals surface area contributed by atoms with Crippen LogP contribution in [0.25, 0.3) is 10.1 Å². The molecule has 0 fully saturated rings. The topological polar surface area (TPSA) is 37.3 Å². The molecule has 4 heteroatoms. The third kappa shape index (κ3) is 1.22. The molecular weight excluding hydrogens is 204 g/mol. The molecule has 0 aliphatic carbocycles. The van der Waals surface area contributed by atoms with Crippen LogP contribution in [0.4, 0.5) is 0 Å². The van der Waals surface area contributed by atoms with E-state index in [-0.39, 0.29) is 5.75 Å². The molecule has 0 aliphatic heterocycles. The average molecular weight is 210 g/mol. The molecule has 2 rings (SSSR count). The van der Waals surface area contributed by atoms with Gasteiger partial charge in [0.05, 0.1) is 4.70 Å². The third-order valence-electron chi connectivity index (χ3n) is 1.83. The Morgan fingerprint density at radius 3 is 2.92 bits per heavy atom. The van der Waals surface area contributed by atoms with Crippen molar-refractivity contribution in [2.24, 2.45) is 0 Å². The summed E-state index contributed by atoms with van der Waals surface area (Å²) in [6.07, 6.45) is 0.776. The van der Waals surface area contributed by atoms with Crippen LogP contribution in [-0.2, 0) is 0 Å². The second kappa shape index (κ2) is 3.05. The second-order valence-electron chi connectivity index (χ2n) is 2.62. The predicted molar refractivity (Wildman–Crippen MR) is 56.1 cm³/mol. The Balaban J connectivity index is 2.95. The fraction of sp³-hybridized carbons (Fsp3) is 0. The van der Waals surface area contributed by atoms with Crippen molar-refractivity contribution in [2.75, 3.05) is 0 Å². The van der Waals surface area contributed by atoms with Gasteiger partial charge in [-0.1, -0.05) is 0 Å². The summed E-state index contributed by atoms with van der Waals surface area (Å²) in [7, 11) is 0. The molecule has 13 heavy (non-hydrogen) atoms. The molecule has 0 unspecified atom stereocenters. The fourth-order valence-electron chi connectivity index (χ4n) is 1.23. The van der Waals surface area contributed by atoms with Gasteiger partial charge in [0.2, 0.25) is 0 Å². The molecule has 1 aromatic carbocycles. The van der Waals surface area contributed by atoms with Crippen LogP contribution in [0, 0.1) is 0 Å². The fourth-order valence-corrected chi connectivity index (χ4v) is 2.57. The molecule has 2 aromatic rings. The molecule has 1 aromatic heterocycles. The van der Waals surface area contributed by atoms with Crippen molar-refractivity contribution in [3.05, 3.63) is 23.1 Å². The number of hydrogen-bond donors (Lipinski definition) is 2. The number of phenols is 1. The SMILES string of the molecule is O=Cc1csc2c(O)ccc(S)c12. The summed E-state index contributed by atoms with van der Waals surface area (Å²) < 4.78 is 0.717. The van der Waals surface area contributed by atoms with Gasteiger partial charge in [0.1, 0.15) is 5.75 Å². The molecule has 1 heterocycles. The van der Waals surface area contributed by atoms with E-state index < -0.39 is 0 Å². The molecule has 0 atom stereocenters. The highest BCUT2D eigenvalue weighted by Gasteiger charge is 2.09. The minimum absolute atomic E-state index is 0.200. The first kappa shape index (κ1) is 8.59. The van der Waals surface area contributed by atoms with Crippen LogP contribution in [0.2, 0.25) is 0 Å². The molecular formula is C9H6O2S2. The number of aromatic hydroxyl groups is 1. The van der Waals surface area contributed by atoms with E-state index in [1.54, 1.807) is 17.5 Å². The van der Waals surface area contributed by atoms with Gasteiger partial charge in [0.15, 0.2) is 6.29 Å². The molecule has 1 N–H and O–H groups in total. The highest BCUT2D eigenvalue weighted by Crippen LogP contribution is 2.36. The van der Waals surface area contributed by atoms with Crippen molar-refractivity contribution in [2.45, 2.75) is 4.90 Å². The third-order valence-corrected chi connectivity index (χ3v) is 3.23. The van der Waals surface area contributed by atoms with Crippen LogP contribution in [0.5, 0.6) is 5.75 Å². The first-order chi connectivity index (χ1) is 6.24. The van der Waals surface area contributed by atoms with E-state index in [0.717, 1.165) is 21.3 Å². The number of carbonyl (C=O) groups excluding carboxylic acids is 1. The van der Waals surface area contributed by atoms with Crippen LogP contribution in [0.3, 0.4) is 0 Å². The molecule has 0 saturated heterocycles. The molecule has 0 bridgehead atoms. The zero-order valence-corrected chi connectivity index (χ0v) is 8.23. The van der Waals surface area contributed by atoms with Crippen molar-refractivity contribution < 1.29 is 9.90 Å². The Morgan fingerprint density at radius 1 is 1.46 bits per heavy atom. The molecule has 0 saturated carbocycles. The average Bonchev–Trinajstić information content (AvgIpc) is 2.56. The zero-order chi connectivity index (χ0) is 9.42. The number of hydrogen-bond acceptors (Lipinski definition) is 4. The molecule has 0 spiro atoms. The van der Waals surface area contributed by atoms with Gasteiger partial charge in [0.25, 0.3) is 0 Å². The van der Waals surface area contributed by atoms with Gasteiger partial charge >= 0.3 is 0 Å². The van der Waals surface area contributed by atoms with E-state index in [1.165, 1.54) is 11.3 Å². The number of thiol groups is 1. The lowest BCUT2D eigenvalue weighted by Gasteiger charge is -1.97. The smallest absolute Gasteiger partial charge is 0.151 e. The number of phenolic OH excluding ortho intramolecular Hbond substituents is 1. The molecule has 2 nitrogen and oxygen atoms in total. The summed E-state index contributed by atoms with van der Waals surface area (Å²) in [6.45, 7) is 0. The number of fused-ring (bicyclic) bond motifs is 1. The van der Waals surface area contributed by atoms with Gasteiger partial charge in [-0.05, 0) is 12.1 Å². The van der Waals surface area contributed by atoms with Crippen molar-refractivity contribution in [3.63, 3.8) is 0 Å². The standard InChI is InChI=1S/C9H6O2S2/c10-3-5-4-13-9-6(11)1-2-7(12)8(5)9/h1-4,11-12H. The van der Waals surface area contributed by atoms with Gasteiger partial charge < -0.3 is 5.11 Å². The Hall–Kier alpha value is -1.00. The number of carbonyl (C=O) groups is 1. The highest BCUT2D eigenvalue weighted by molar-refractivity contribution is 7.80. The minimum atomic E-state index is 0.200. The quantitative estimate of drug-likeness (QED) is 0.561. The maximum absolute atomic E-state index is 10.6. The molecule has 0 aliphatic rings. The maximum atomic E-state index is 10.6. The van der Waals surface area contributed by atoms with Crippen molar-refractivity contribution in [3.8, 4) is 5.75 Å². The first-order valence-electron chi connectivity index (χ1n) is 3.61. The van der Waals surface area contributed by atoms with E-state index >= 15 is 0 Å². The normalized spacial score (nSPS) is 10.5. The first-order valence-corrected chi connectivity index (χ1v) is 4.94. The van der Waals surface area contributed by atoms with Gasteiger partial charge in [-0.25, -0.2) is 0 Å². The van der Waals surface area contributed by atoms with E-state index in [1.807, 2.05) is 0 Å². The Labute approximate surface area is 84.2 Å². The number of rotatable bonds is 1. The minimum Gasteiger partial charge on any atom is -0.506 e. The highest BCUT2D eigenvalue weighted by atomic mass is 32.1. The van der Waals surface area contributed by atoms with Crippen LogP contribution in [-0.4, -0.2) is 11.4 Å². The molecule has 0 amide bonds. The van der Waals surface area contributed by atoms with Gasteiger partial charge in [-0.2, -0.15) is 0 Å². The monoisotopic (exact) mass is 210 g/mol. The number of aldehydes is 1. The van der Waals surface area contributed by atoms with Gasteiger partial charge in [-0.15, -0.1) is 24.0 Å². The van der Waals surface area contributed by atoms with Crippen LogP contribution >= 0.6 is 24.0 Å². The van der Waals surface area contributed by atoms with Crippen molar-refractivity contribution in [1.82, 2.24) is 0 Å². The molecule has 66 valence electrons.